The van der Waals surface area contributed by atoms with Crippen molar-refractivity contribution < 1.29 is 14.0 Å². The molecule has 0 N–H and O–H groups in total. The molecule has 3 aromatic rings. The Labute approximate surface area is 179 Å². The lowest BCUT2D eigenvalue weighted by Crippen LogP contribution is -2.46. The van der Waals surface area contributed by atoms with E-state index in [9.17, 15) is 14.4 Å². The lowest BCUT2D eigenvalue weighted by atomic mass is 9.88. The molecule has 5 heteroatoms. The van der Waals surface area contributed by atoms with Gasteiger partial charge in [0, 0.05) is 16.5 Å². The maximum atomic E-state index is 13.5. The number of hydrogen-bond donors (Lipinski definition) is 0. The van der Waals surface area contributed by atoms with Crippen molar-refractivity contribution in [3.05, 3.63) is 87.3 Å². The number of benzene rings is 2. The molecule has 0 aliphatic carbocycles. The highest BCUT2D eigenvalue weighted by Crippen LogP contribution is 2.49. The van der Waals surface area contributed by atoms with Gasteiger partial charge in [-0.15, -0.1) is 0 Å². The van der Waals surface area contributed by atoms with Crippen molar-refractivity contribution in [3.8, 4) is 0 Å². The summed E-state index contributed by atoms with van der Waals surface area (Å²) in [4.78, 5) is 40.7. The Morgan fingerprint density at radius 2 is 1.74 bits per heavy atom. The highest BCUT2D eigenvalue weighted by Gasteiger charge is 2.44. The maximum absolute atomic E-state index is 13.5. The molecule has 2 aliphatic heterocycles. The Kier molecular flexibility index (Phi) is 3.96. The van der Waals surface area contributed by atoms with Crippen LogP contribution in [0.4, 0.5) is 5.69 Å². The number of amides is 1. The van der Waals surface area contributed by atoms with Crippen LogP contribution in [-0.4, -0.2) is 17.2 Å². The van der Waals surface area contributed by atoms with Crippen LogP contribution in [0.2, 0.25) is 0 Å². The third kappa shape index (κ3) is 2.81. The molecular weight excluding hydrogens is 390 g/mol. The monoisotopic (exact) mass is 411 g/mol. The van der Waals surface area contributed by atoms with Crippen LogP contribution >= 0.6 is 0 Å². The summed E-state index contributed by atoms with van der Waals surface area (Å²) in [5, 5.41) is 0.653. The minimum atomic E-state index is -0.713. The van der Waals surface area contributed by atoms with Crippen LogP contribution in [0.25, 0.3) is 22.1 Å². The fourth-order valence-electron chi connectivity index (χ4n) is 4.67. The molecular formula is C26H21NO4. The summed E-state index contributed by atoms with van der Waals surface area (Å²) in [6.45, 7) is 7.95. The van der Waals surface area contributed by atoms with Crippen molar-refractivity contribution in [2.24, 2.45) is 0 Å². The van der Waals surface area contributed by atoms with Gasteiger partial charge >= 0.3 is 5.63 Å². The summed E-state index contributed by atoms with van der Waals surface area (Å²) in [5.74, 6) is -0.783. The van der Waals surface area contributed by atoms with Crippen LogP contribution in [0.15, 0.2) is 63.8 Å². The largest absolute Gasteiger partial charge is 0.422 e. The van der Waals surface area contributed by atoms with Gasteiger partial charge < -0.3 is 4.42 Å². The molecule has 0 spiro atoms. The van der Waals surface area contributed by atoms with E-state index in [2.05, 4.69) is 12.1 Å². The SMILES string of the molecule is CC1=CC(C)(C)N2C(=O)C(=CC(=O)c3cc4ccccc4oc3=O)c3cc(C)cc1c32. The predicted molar refractivity (Wildman–Crippen MR) is 121 cm³/mol. The topological polar surface area (TPSA) is 67.6 Å². The van der Waals surface area contributed by atoms with E-state index in [1.807, 2.05) is 33.8 Å². The second kappa shape index (κ2) is 6.38. The van der Waals surface area contributed by atoms with Crippen LogP contribution < -0.4 is 10.5 Å². The van der Waals surface area contributed by atoms with Gasteiger partial charge in [-0.1, -0.05) is 24.3 Å². The minimum Gasteiger partial charge on any atom is -0.422 e. The number of fused-ring (bicyclic) bond motifs is 1. The number of carbonyl (C=O) groups is 2. The number of nitrogens with zero attached hydrogens (tertiary/aromatic N) is 1. The molecule has 0 fully saturated rings. The fourth-order valence-corrected chi connectivity index (χ4v) is 4.67. The van der Waals surface area contributed by atoms with Gasteiger partial charge in [0.05, 0.1) is 16.8 Å². The first-order valence-corrected chi connectivity index (χ1v) is 10.2. The predicted octanol–water partition coefficient (Wildman–Crippen LogP) is 4.91. The first kappa shape index (κ1) is 19.2. The number of allylic oxidation sites excluding steroid dienone is 2. The molecule has 154 valence electrons. The molecule has 31 heavy (non-hydrogen) atoms. The van der Waals surface area contributed by atoms with Crippen molar-refractivity contribution in [3.63, 3.8) is 0 Å². The average molecular weight is 411 g/mol. The number of hydrogen-bond acceptors (Lipinski definition) is 4. The number of anilines is 1. The summed E-state index contributed by atoms with van der Waals surface area (Å²) in [7, 11) is 0. The van der Waals surface area contributed by atoms with E-state index < -0.39 is 16.9 Å². The summed E-state index contributed by atoms with van der Waals surface area (Å²) in [5.41, 5.74) is 4.02. The van der Waals surface area contributed by atoms with E-state index in [1.54, 1.807) is 29.2 Å². The summed E-state index contributed by atoms with van der Waals surface area (Å²) in [6, 6.07) is 12.5. The summed E-state index contributed by atoms with van der Waals surface area (Å²) in [6.07, 6.45) is 3.35. The average Bonchev–Trinajstić information content (AvgIpc) is 2.98. The Balaban J connectivity index is 1.69. The zero-order chi connectivity index (χ0) is 22.1. The lowest BCUT2D eigenvalue weighted by Gasteiger charge is -2.38. The van der Waals surface area contributed by atoms with Gasteiger partial charge in [-0.25, -0.2) is 4.79 Å². The van der Waals surface area contributed by atoms with Gasteiger partial charge in [-0.2, -0.15) is 0 Å². The molecule has 2 aromatic carbocycles. The molecule has 1 amide bonds. The summed E-state index contributed by atoms with van der Waals surface area (Å²) >= 11 is 0. The molecule has 0 unspecified atom stereocenters. The number of ketones is 1. The number of aryl methyl sites for hydroxylation is 1. The molecule has 1 aromatic heterocycles. The minimum absolute atomic E-state index is 0.0877. The molecule has 0 atom stereocenters. The number of carbonyl (C=O) groups excluding carboxylic acids is 2. The second-order valence-electron chi connectivity index (χ2n) is 8.74. The van der Waals surface area contributed by atoms with Crippen LogP contribution in [0.5, 0.6) is 0 Å². The zero-order valence-electron chi connectivity index (χ0n) is 17.8. The molecule has 0 radical (unpaired) electrons. The van der Waals surface area contributed by atoms with E-state index in [4.69, 9.17) is 4.42 Å². The molecule has 0 saturated heterocycles. The van der Waals surface area contributed by atoms with Crippen LogP contribution in [-0.2, 0) is 4.79 Å². The first-order valence-electron chi connectivity index (χ1n) is 10.2. The van der Waals surface area contributed by atoms with Crippen LogP contribution in [0.3, 0.4) is 0 Å². The van der Waals surface area contributed by atoms with E-state index in [1.165, 1.54) is 12.1 Å². The maximum Gasteiger partial charge on any atom is 0.347 e. The quantitative estimate of drug-likeness (QED) is 0.341. The molecule has 0 saturated carbocycles. The van der Waals surface area contributed by atoms with Crippen molar-refractivity contribution in [2.45, 2.75) is 33.2 Å². The highest BCUT2D eigenvalue weighted by atomic mass is 16.4. The Bertz CT molecular complexity index is 1440. The van der Waals surface area contributed by atoms with E-state index in [0.29, 0.717) is 16.5 Å². The molecule has 5 nitrogen and oxygen atoms in total. The van der Waals surface area contributed by atoms with E-state index in [0.717, 1.165) is 28.0 Å². The first-order chi connectivity index (χ1) is 14.7. The van der Waals surface area contributed by atoms with Gasteiger partial charge in [-0.05, 0) is 69.2 Å². The van der Waals surface area contributed by atoms with Crippen LogP contribution in [0, 0.1) is 6.92 Å². The Morgan fingerprint density at radius 3 is 2.52 bits per heavy atom. The molecule has 0 bridgehead atoms. The second-order valence-corrected chi connectivity index (χ2v) is 8.74. The standard InChI is InChI=1S/C26H21NO4/c1-14-9-17-15(2)13-26(3,4)27-23(17)18(10-14)19(24(27)29)12-21(28)20-11-16-7-5-6-8-22(16)31-25(20)30/h5-13H,1-4H3. The van der Waals surface area contributed by atoms with Crippen molar-refractivity contribution in [1.82, 2.24) is 0 Å². The van der Waals surface area contributed by atoms with Crippen molar-refractivity contribution in [2.75, 3.05) is 4.90 Å². The molecule has 5 rings (SSSR count). The third-order valence-corrected chi connectivity index (χ3v) is 5.95. The normalized spacial score (nSPS) is 17.8. The highest BCUT2D eigenvalue weighted by molar-refractivity contribution is 6.37. The fraction of sp³-hybridized carbons (Fsp3) is 0.192. The van der Waals surface area contributed by atoms with Gasteiger partial charge in [0.15, 0.2) is 5.78 Å². The smallest absolute Gasteiger partial charge is 0.347 e. The van der Waals surface area contributed by atoms with Gasteiger partial charge in [-0.3, -0.25) is 14.5 Å². The van der Waals surface area contributed by atoms with Gasteiger partial charge in [0.1, 0.15) is 11.1 Å². The third-order valence-electron chi connectivity index (χ3n) is 5.95. The van der Waals surface area contributed by atoms with Crippen LogP contribution in [0.1, 0.15) is 47.8 Å². The summed E-state index contributed by atoms with van der Waals surface area (Å²) < 4.78 is 5.30. The lowest BCUT2D eigenvalue weighted by molar-refractivity contribution is -0.113. The molecule has 2 aliphatic rings. The number of rotatable bonds is 2. The van der Waals surface area contributed by atoms with Gasteiger partial charge in [0.2, 0.25) is 0 Å². The van der Waals surface area contributed by atoms with Crippen molar-refractivity contribution >= 4 is 39.5 Å². The molecule has 3 heterocycles. The Hall–Kier alpha value is -3.73. The van der Waals surface area contributed by atoms with Crippen molar-refractivity contribution in [1.29, 1.82) is 0 Å². The Morgan fingerprint density at radius 1 is 1.03 bits per heavy atom. The van der Waals surface area contributed by atoms with E-state index in [-0.39, 0.29) is 11.5 Å². The zero-order valence-corrected chi connectivity index (χ0v) is 17.8. The van der Waals surface area contributed by atoms with E-state index >= 15 is 0 Å². The number of para-hydroxylation sites is 1. The van der Waals surface area contributed by atoms with Gasteiger partial charge in [0.25, 0.3) is 5.91 Å².